The fourth-order valence-corrected chi connectivity index (χ4v) is 4.88. The summed E-state index contributed by atoms with van der Waals surface area (Å²) in [6, 6.07) is 21.6. The molecule has 11 heteroatoms. The maximum Gasteiger partial charge on any atom is 0.261 e. The molecule has 0 spiro atoms. The second-order valence-corrected chi connectivity index (χ2v) is 12.4. The van der Waals surface area contributed by atoms with Gasteiger partial charge in [0.1, 0.15) is 6.04 Å². The van der Waals surface area contributed by atoms with Crippen LogP contribution in [0.25, 0.3) is 34.2 Å². The Balaban J connectivity index is 1.27. The number of aliphatic hydroxyl groups is 2. The number of carbonyl (C=O) groups is 2. The number of aliphatic hydroxyl groups excluding tert-OH is 1. The van der Waals surface area contributed by atoms with Crippen molar-refractivity contribution in [2.24, 2.45) is 0 Å². The molecule has 0 radical (unpaired) electrons. The fourth-order valence-electron chi connectivity index (χ4n) is 4.88. The Morgan fingerprint density at radius 2 is 1.57 bits per heavy atom. The van der Waals surface area contributed by atoms with Crippen molar-refractivity contribution in [1.82, 2.24) is 30.7 Å². The van der Waals surface area contributed by atoms with E-state index in [0.29, 0.717) is 28.7 Å². The average Bonchev–Trinajstić information content (AvgIpc) is 3.55. The maximum atomic E-state index is 13.1. The molecule has 5 aromatic rings. The lowest BCUT2D eigenvalue weighted by atomic mass is 9.86. The van der Waals surface area contributed by atoms with Crippen LogP contribution in [0.4, 0.5) is 0 Å². The van der Waals surface area contributed by atoms with Gasteiger partial charge in [-0.2, -0.15) is 4.98 Å². The van der Waals surface area contributed by atoms with Gasteiger partial charge in [-0.25, -0.2) is 9.97 Å². The summed E-state index contributed by atoms with van der Waals surface area (Å²) in [7, 11) is 0. The minimum absolute atomic E-state index is 0.0332. The van der Waals surface area contributed by atoms with E-state index < -0.39 is 18.2 Å². The molecule has 2 aromatic heterocycles. The molecule has 3 aromatic carbocycles. The monoisotopic (exact) mass is 634 g/mol. The summed E-state index contributed by atoms with van der Waals surface area (Å²) in [6.45, 7) is 8.33. The van der Waals surface area contributed by atoms with Crippen molar-refractivity contribution >= 4 is 11.8 Å². The Morgan fingerprint density at radius 3 is 2.21 bits per heavy atom. The van der Waals surface area contributed by atoms with Gasteiger partial charge >= 0.3 is 0 Å². The predicted octanol–water partition coefficient (Wildman–Crippen LogP) is 4.62. The summed E-state index contributed by atoms with van der Waals surface area (Å²) in [5.74, 6) is 0.469. The quantitative estimate of drug-likeness (QED) is 0.152. The molecule has 2 amide bonds. The fraction of sp³-hybridized carbons (Fsp3) is 0.278. The van der Waals surface area contributed by atoms with Crippen molar-refractivity contribution in [2.45, 2.75) is 58.3 Å². The van der Waals surface area contributed by atoms with Gasteiger partial charge < -0.3 is 25.4 Å². The first-order valence-corrected chi connectivity index (χ1v) is 15.3. The highest BCUT2D eigenvalue weighted by atomic mass is 16.5. The van der Waals surface area contributed by atoms with Gasteiger partial charge in [0.05, 0.1) is 5.56 Å². The van der Waals surface area contributed by atoms with Crippen LogP contribution in [0.15, 0.2) is 89.7 Å². The lowest BCUT2D eigenvalue weighted by Gasteiger charge is -2.21. The second-order valence-electron chi connectivity index (χ2n) is 12.4. The van der Waals surface area contributed by atoms with E-state index in [4.69, 9.17) is 4.52 Å². The molecule has 0 unspecified atom stereocenters. The third-order valence-electron chi connectivity index (χ3n) is 7.59. The summed E-state index contributed by atoms with van der Waals surface area (Å²) >= 11 is 0. The molecular formula is C36H38N6O5. The van der Waals surface area contributed by atoms with Gasteiger partial charge in [0.2, 0.25) is 11.7 Å². The van der Waals surface area contributed by atoms with Gasteiger partial charge in [-0.1, -0.05) is 86.1 Å². The van der Waals surface area contributed by atoms with E-state index in [1.807, 2.05) is 67.6 Å². The van der Waals surface area contributed by atoms with Crippen molar-refractivity contribution < 1.29 is 24.3 Å². The van der Waals surface area contributed by atoms with Crippen LogP contribution < -0.4 is 10.6 Å². The summed E-state index contributed by atoms with van der Waals surface area (Å²) in [5, 5.41) is 27.9. The first-order valence-electron chi connectivity index (χ1n) is 15.3. The van der Waals surface area contributed by atoms with Crippen molar-refractivity contribution in [1.29, 1.82) is 0 Å². The van der Waals surface area contributed by atoms with Gasteiger partial charge in [-0.05, 0) is 41.7 Å². The largest absolute Gasteiger partial charge is 0.368 e. The predicted molar refractivity (Wildman–Crippen MR) is 177 cm³/mol. The van der Waals surface area contributed by atoms with Gasteiger partial charge in [-0.3, -0.25) is 9.59 Å². The zero-order chi connectivity index (χ0) is 33.6. The molecule has 0 aliphatic carbocycles. The third kappa shape index (κ3) is 8.72. The number of nitrogens with one attached hydrogen (secondary N) is 2. The number of benzene rings is 3. The molecule has 2 heterocycles. The first-order chi connectivity index (χ1) is 22.5. The van der Waals surface area contributed by atoms with E-state index in [1.165, 1.54) is 0 Å². The standard InChI is InChI=1S/C36H38N6O5/c1-22-6-5-7-26(18-22)32-41-35(47-42-32)27-20-38-31(39-21-27)24-10-8-23(9-11-24)19-29(34(46)37-17-16-30(43)44)40-33(45)25-12-14-28(15-13-25)36(2,3)4/h5-15,18,20-21,29-30,43-44H,16-17,19H2,1-4H3,(H,37,46)(H,40,45)/t29-/m0/s1. The summed E-state index contributed by atoms with van der Waals surface area (Å²) < 4.78 is 5.44. The summed E-state index contributed by atoms with van der Waals surface area (Å²) in [6.07, 6.45) is 1.87. The molecule has 4 N–H and O–H groups in total. The molecule has 0 fully saturated rings. The molecule has 242 valence electrons. The number of hydrogen-bond donors (Lipinski definition) is 4. The van der Waals surface area contributed by atoms with Crippen LogP contribution in [0, 0.1) is 6.92 Å². The lowest BCUT2D eigenvalue weighted by Crippen LogP contribution is -2.48. The van der Waals surface area contributed by atoms with E-state index in [1.54, 1.807) is 24.5 Å². The molecule has 11 nitrogen and oxygen atoms in total. The Bertz CT molecular complexity index is 1810. The first kappa shape index (κ1) is 33.1. The van der Waals surface area contributed by atoms with Crippen molar-refractivity contribution in [2.75, 3.05) is 6.54 Å². The van der Waals surface area contributed by atoms with E-state index in [0.717, 1.165) is 27.8 Å². The lowest BCUT2D eigenvalue weighted by molar-refractivity contribution is -0.123. The molecule has 0 bridgehead atoms. The highest BCUT2D eigenvalue weighted by molar-refractivity contribution is 5.97. The maximum absolute atomic E-state index is 13.1. The van der Waals surface area contributed by atoms with Gasteiger partial charge in [0, 0.05) is 48.5 Å². The number of rotatable bonds is 11. The van der Waals surface area contributed by atoms with Gasteiger partial charge in [-0.15, -0.1) is 0 Å². The smallest absolute Gasteiger partial charge is 0.261 e. The van der Waals surface area contributed by atoms with Crippen LogP contribution in [0.3, 0.4) is 0 Å². The Labute approximate surface area is 273 Å². The molecule has 47 heavy (non-hydrogen) atoms. The number of hydrogen-bond acceptors (Lipinski definition) is 9. The number of carbonyl (C=O) groups excluding carboxylic acids is 2. The van der Waals surface area contributed by atoms with E-state index in [-0.39, 0.29) is 30.7 Å². The van der Waals surface area contributed by atoms with Crippen molar-refractivity contribution in [3.05, 3.63) is 107 Å². The van der Waals surface area contributed by atoms with Gasteiger partial charge in [0.15, 0.2) is 12.1 Å². The van der Waals surface area contributed by atoms with Crippen LogP contribution >= 0.6 is 0 Å². The molecule has 0 aliphatic rings. The van der Waals surface area contributed by atoms with Crippen molar-refractivity contribution in [3.63, 3.8) is 0 Å². The summed E-state index contributed by atoms with van der Waals surface area (Å²) in [4.78, 5) is 39.7. The molecule has 0 saturated carbocycles. The molecule has 1 atom stereocenters. The Kier molecular flexibility index (Phi) is 10.2. The molecule has 0 aliphatic heterocycles. The zero-order valence-corrected chi connectivity index (χ0v) is 26.8. The average molecular weight is 635 g/mol. The van der Waals surface area contributed by atoms with Crippen LogP contribution in [0.1, 0.15) is 54.2 Å². The second kappa shape index (κ2) is 14.4. The third-order valence-corrected chi connectivity index (χ3v) is 7.59. The number of nitrogens with zero attached hydrogens (tertiary/aromatic N) is 4. The SMILES string of the molecule is Cc1cccc(-c2noc(-c3cnc(-c4ccc(C[C@H](NC(=O)c5ccc(C(C)(C)C)cc5)C(=O)NCCC(O)O)cc4)nc3)n2)c1. The molecular weight excluding hydrogens is 596 g/mol. The van der Waals surface area contributed by atoms with Crippen molar-refractivity contribution in [3.8, 4) is 34.2 Å². The molecule has 5 rings (SSSR count). The number of aryl methyl sites for hydroxylation is 1. The molecule has 0 saturated heterocycles. The van der Waals surface area contributed by atoms with Crippen LogP contribution in [0.2, 0.25) is 0 Å². The highest BCUT2D eigenvalue weighted by Gasteiger charge is 2.23. The summed E-state index contributed by atoms with van der Waals surface area (Å²) in [5.41, 5.74) is 5.55. The van der Waals surface area contributed by atoms with E-state index in [9.17, 15) is 19.8 Å². The van der Waals surface area contributed by atoms with Crippen LogP contribution in [-0.4, -0.2) is 61.0 Å². The normalized spacial score (nSPS) is 12.1. The topological polar surface area (TPSA) is 163 Å². The van der Waals surface area contributed by atoms with E-state index >= 15 is 0 Å². The minimum atomic E-state index is -1.54. The Morgan fingerprint density at radius 1 is 0.872 bits per heavy atom. The Hall–Kier alpha value is -5.26. The highest BCUT2D eigenvalue weighted by Crippen LogP contribution is 2.24. The number of amides is 2. The minimum Gasteiger partial charge on any atom is -0.368 e. The van der Waals surface area contributed by atoms with Gasteiger partial charge in [0.25, 0.3) is 11.8 Å². The van der Waals surface area contributed by atoms with Crippen LogP contribution in [0.5, 0.6) is 0 Å². The van der Waals surface area contributed by atoms with Crippen LogP contribution in [-0.2, 0) is 16.6 Å². The number of aromatic nitrogens is 4. The zero-order valence-electron chi connectivity index (χ0n) is 26.8. The van der Waals surface area contributed by atoms with E-state index in [2.05, 4.69) is 51.5 Å².